The van der Waals surface area contributed by atoms with Crippen LogP contribution in [0.25, 0.3) is 0 Å². The summed E-state index contributed by atoms with van der Waals surface area (Å²) in [5.74, 6) is 0. The molecule has 0 saturated heterocycles. The molecular formula is C7H3F3N2S. The third-order valence-corrected chi connectivity index (χ3v) is 1.32. The van der Waals surface area contributed by atoms with Crippen molar-refractivity contribution >= 4 is 23.1 Å². The van der Waals surface area contributed by atoms with Crippen LogP contribution in [0.4, 0.5) is 18.9 Å². The average molecular weight is 204 g/mol. The predicted octanol–water partition coefficient (Wildman–Crippen LogP) is 2.83. The largest absolute Gasteiger partial charge is 0.417 e. The van der Waals surface area contributed by atoms with Gasteiger partial charge in [-0.05, 0) is 18.3 Å². The number of nitrogens with zero attached hydrogens (tertiary/aromatic N) is 2. The lowest BCUT2D eigenvalue weighted by atomic mass is 10.2. The smallest absolute Gasteiger partial charge is 0.262 e. The molecule has 0 radical (unpaired) electrons. The summed E-state index contributed by atoms with van der Waals surface area (Å²) in [6, 6.07) is 0.853. The van der Waals surface area contributed by atoms with Crippen LogP contribution >= 0.6 is 12.2 Å². The zero-order chi connectivity index (χ0) is 9.90. The van der Waals surface area contributed by atoms with E-state index < -0.39 is 11.7 Å². The average Bonchev–Trinajstić information content (AvgIpc) is 2.04. The fourth-order valence-corrected chi connectivity index (χ4v) is 0.802. The van der Waals surface area contributed by atoms with E-state index in [0.29, 0.717) is 0 Å². The van der Waals surface area contributed by atoms with E-state index in [4.69, 9.17) is 0 Å². The van der Waals surface area contributed by atoms with Crippen molar-refractivity contribution in [3.05, 3.63) is 24.0 Å². The highest BCUT2D eigenvalue weighted by Gasteiger charge is 2.30. The molecular weight excluding hydrogens is 201 g/mol. The van der Waals surface area contributed by atoms with Crippen LogP contribution < -0.4 is 0 Å². The molecule has 1 rings (SSSR count). The van der Waals surface area contributed by atoms with Crippen molar-refractivity contribution in [1.29, 1.82) is 0 Å². The van der Waals surface area contributed by atoms with Gasteiger partial charge in [0.2, 0.25) is 0 Å². The van der Waals surface area contributed by atoms with Crippen LogP contribution in [0.3, 0.4) is 0 Å². The molecule has 0 saturated carbocycles. The molecule has 2 nitrogen and oxygen atoms in total. The van der Waals surface area contributed by atoms with Gasteiger partial charge in [-0.3, -0.25) is 4.98 Å². The Morgan fingerprint density at radius 1 is 1.38 bits per heavy atom. The first-order chi connectivity index (χ1) is 6.04. The van der Waals surface area contributed by atoms with Crippen LogP contribution in [0, 0.1) is 0 Å². The third-order valence-electron chi connectivity index (χ3n) is 1.23. The molecule has 0 fully saturated rings. The summed E-state index contributed by atoms with van der Waals surface area (Å²) in [6.45, 7) is 0. The van der Waals surface area contributed by atoms with E-state index in [9.17, 15) is 13.2 Å². The molecule has 0 aliphatic heterocycles. The van der Waals surface area contributed by atoms with Crippen molar-refractivity contribution in [1.82, 2.24) is 4.98 Å². The molecule has 0 atom stereocenters. The third kappa shape index (κ3) is 2.61. The molecule has 68 valence electrons. The molecule has 0 aliphatic carbocycles. The van der Waals surface area contributed by atoms with E-state index >= 15 is 0 Å². The van der Waals surface area contributed by atoms with Crippen LogP contribution in [0.5, 0.6) is 0 Å². The van der Waals surface area contributed by atoms with Crippen molar-refractivity contribution in [3.63, 3.8) is 0 Å². The quantitative estimate of drug-likeness (QED) is 0.519. The summed E-state index contributed by atoms with van der Waals surface area (Å²) in [5.41, 5.74) is -0.802. The van der Waals surface area contributed by atoms with Crippen molar-refractivity contribution < 1.29 is 13.2 Å². The highest BCUT2D eigenvalue weighted by Crippen LogP contribution is 2.30. The predicted molar refractivity (Wildman–Crippen MR) is 43.9 cm³/mol. The van der Waals surface area contributed by atoms with E-state index in [0.717, 1.165) is 12.3 Å². The summed E-state index contributed by atoms with van der Waals surface area (Å²) in [6.07, 6.45) is -2.50. The Labute approximate surface area is 77.1 Å². The van der Waals surface area contributed by atoms with Gasteiger partial charge in [0.25, 0.3) is 0 Å². The number of thiocarbonyl (C=S) groups is 1. The van der Waals surface area contributed by atoms with Gasteiger partial charge in [-0.2, -0.15) is 18.2 Å². The van der Waals surface area contributed by atoms with E-state index in [1.54, 1.807) is 0 Å². The lowest BCUT2D eigenvalue weighted by Crippen LogP contribution is -2.04. The Hall–Kier alpha value is -1.26. The zero-order valence-electron chi connectivity index (χ0n) is 6.17. The second kappa shape index (κ2) is 3.64. The van der Waals surface area contributed by atoms with Crippen LogP contribution in [0.15, 0.2) is 23.5 Å². The number of rotatable bonds is 1. The van der Waals surface area contributed by atoms with E-state index in [2.05, 4.69) is 22.2 Å². The minimum atomic E-state index is -4.40. The Kier molecular flexibility index (Phi) is 2.75. The van der Waals surface area contributed by atoms with Crippen molar-refractivity contribution in [2.45, 2.75) is 6.18 Å². The van der Waals surface area contributed by atoms with Crippen LogP contribution in [0.2, 0.25) is 0 Å². The molecule has 0 amide bonds. The van der Waals surface area contributed by atoms with Crippen molar-refractivity contribution in [3.8, 4) is 0 Å². The molecule has 0 N–H and O–H groups in total. The zero-order valence-corrected chi connectivity index (χ0v) is 6.99. The Morgan fingerprint density at radius 2 is 2.08 bits per heavy atom. The lowest BCUT2D eigenvalue weighted by Gasteiger charge is -2.04. The van der Waals surface area contributed by atoms with Crippen molar-refractivity contribution in [2.24, 2.45) is 4.99 Å². The Morgan fingerprint density at radius 3 is 2.62 bits per heavy atom. The van der Waals surface area contributed by atoms with E-state index in [1.165, 1.54) is 6.20 Å². The molecule has 0 aliphatic rings. The maximum atomic E-state index is 12.1. The van der Waals surface area contributed by atoms with Gasteiger partial charge in [0.05, 0.1) is 22.6 Å². The summed E-state index contributed by atoms with van der Waals surface area (Å²) < 4.78 is 36.2. The fraction of sp³-hybridized carbons (Fsp3) is 0.143. The van der Waals surface area contributed by atoms with Gasteiger partial charge < -0.3 is 0 Å². The number of isothiocyanates is 1. The maximum Gasteiger partial charge on any atom is 0.417 e. The van der Waals surface area contributed by atoms with Gasteiger partial charge >= 0.3 is 6.18 Å². The van der Waals surface area contributed by atoms with Crippen molar-refractivity contribution in [2.75, 3.05) is 0 Å². The molecule has 0 bridgehead atoms. The molecule has 1 aromatic heterocycles. The number of aromatic nitrogens is 1. The van der Waals surface area contributed by atoms with Crippen LogP contribution in [0.1, 0.15) is 5.56 Å². The summed E-state index contributed by atoms with van der Waals surface area (Å²) in [5, 5.41) is 1.96. The molecule has 0 unspecified atom stereocenters. The highest BCUT2D eigenvalue weighted by molar-refractivity contribution is 7.78. The van der Waals surface area contributed by atoms with Gasteiger partial charge in [0, 0.05) is 6.20 Å². The number of alkyl halides is 3. The first kappa shape index (κ1) is 9.83. The van der Waals surface area contributed by atoms with Gasteiger partial charge in [0.15, 0.2) is 0 Å². The Bertz CT molecular complexity index is 355. The number of halogens is 3. The maximum absolute atomic E-state index is 12.1. The number of hydrogen-bond donors (Lipinski definition) is 0. The van der Waals surface area contributed by atoms with Gasteiger partial charge in [-0.15, -0.1) is 0 Å². The van der Waals surface area contributed by atoms with Crippen LogP contribution in [-0.4, -0.2) is 10.1 Å². The minimum absolute atomic E-state index is 0.0461. The van der Waals surface area contributed by atoms with E-state index in [1.807, 2.05) is 5.16 Å². The Balaban J connectivity index is 3.12. The highest BCUT2D eigenvalue weighted by atomic mass is 32.1. The first-order valence-electron chi connectivity index (χ1n) is 3.14. The molecule has 13 heavy (non-hydrogen) atoms. The lowest BCUT2D eigenvalue weighted by molar-refractivity contribution is -0.137. The molecule has 1 heterocycles. The molecule has 6 heteroatoms. The normalized spacial score (nSPS) is 10.7. The van der Waals surface area contributed by atoms with Gasteiger partial charge in [0.1, 0.15) is 0 Å². The second-order valence-corrected chi connectivity index (χ2v) is 2.32. The van der Waals surface area contributed by atoms with E-state index in [-0.39, 0.29) is 5.69 Å². The summed E-state index contributed by atoms with van der Waals surface area (Å²) in [7, 11) is 0. The second-order valence-electron chi connectivity index (χ2n) is 2.13. The number of hydrogen-bond acceptors (Lipinski definition) is 3. The molecule has 0 spiro atoms. The standard InChI is InChI=1S/C7H3F3N2S/c8-7(9,10)5-1-6(12-4-13)3-11-2-5/h1-3H. The number of aliphatic imine (C=N–C) groups is 1. The fourth-order valence-electron chi connectivity index (χ4n) is 0.697. The van der Waals surface area contributed by atoms with Gasteiger partial charge in [-0.25, -0.2) is 0 Å². The SMILES string of the molecule is FC(F)(F)c1cncc(N=C=S)c1. The monoisotopic (exact) mass is 204 g/mol. The van der Waals surface area contributed by atoms with Crippen LogP contribution in [-0.2, 0) is 6.18 Å². The first-order valence-corrected chi connectivity index (χ1v) is 3.55. The summed E-state index contributed by atoms with van der Waals surface area (Å²) >= 11 is 4.25. The van der Waals surface area contributed by atoms with Gasteiger partial charge in [-0.1, -0.05) is 0 Å². The number of pyridine rings is 1. The topological polar surface area (TPSA) is 25.2 Å². The summed E-state index contributed by atoms with van der Waals surface area (Å²) in [4.78, 5) is 6.75. The molecule has 0 aromatic carbocycles. The minimum Gasteiger partial charge on any atom is -0.262 e. The molecule has 1 aromatic rings.